The standard InChI is InChI=1S/C14H14ClFN2S/c15-13-7-2-1-6-12(13)14(18-17)9-19-11-5-3-4-10(16)8-11/h1-8,14,18H,9,17H2. The van der Waals surface area contributed by atoms with E-state index in [1.165, 1.54) is 23.9 Å². The molecular formula is C14H14ClFN2S. The lowest BCUT2D eigenvalue weighted by atomic mass is 10.1. The number of nitrogens with one attached hydrogen (secondary N) is 1. The molecule has 0 fully saturated rings. The summed E-state index contributed by atoms with van der Waals surface area (Å²) >= 11 is 7.67. The molecule has 1 unspecified atom stereocenters. The molecule has 0 bridgehead atoms. The van der Waals surface area contributed by atoms with Crippen molar-refractivity contribution in [2.75, 3.05) is 5.75 Å². The Labute approximate surface area is 121 Å². The fraction of sp³-hybridized carbons (Fsp3) is 0.143. The van der Waals surface area contributed by atoms with E-state index >= 15 is 0 Å². The Kier molecular flexibility index (Phi) is 5.22. The first-order chi connectivity index (χ1) is 9.20. The molecular weight excluding hydrogens is 283 g/mol. The molecule has 2 rings (SSSR count). The van der Waals surface area contributed by atoms with Crippen molar-refractivity contribution in [1.82, 2.24) is 5.43 Å². The third-order valence-corrected chi connectivity index (χ3v) is 4.13. The van der Waals surface area contributed by atoms with Crippen LogP contribution >= 0.6 is 23.4 Å². The van der Waals surface area contributed by atoms with Gasteiger partial charge in [-0.25, -0.2) is 4.39 Å². The maximum absolute atomic E-state index is 13.1. The van der Waals surface area contributed by atoms with E-state index in [1.54, 1.807) is 6.07 Å². The highest BCUT2D eigenvalue weighted by atomic mass is 35.5. The van der Waals surface area contributed by atoms with Crippen LogP contribution in [0.15, 0.2) is 53.4 Å². The van der Waals surface area contributed by atoms with Gasteiger partial charge in [0.1, 0.15) is 5.82 Å². The smallest absolute Gasteiger partial charge is 0.124 e. The second kappa shape index (κ2) is 6.91. The molecule has 2 aromatic rings. The predicted octanol–water partition coefficient (Wildman–Crippen LogP) is 3.78. The Morgan fingerprint density at radius 1 is 1.21 bits per heavy atom. The monoisotopic (exact) mass is 296 g/mol. The molecule has 0 aromatic heterocycles. The third-order valence-electron chi connectivity index (χ3n) is 2.69. The van der Waals surface area contributed by atoms with Crippen LogP contribution in [0.4, 0.5) is 4.39 Å². The van der Waals surface area contributed by atoms with Crippen LogP contribution in [0.3, 0.4) is 0 Å². The molecule has 0 amide bonds. The fourth-order valence-corrected chi connectivity index (χ4v) is 2.99. The number of nitrogens with two attached hydrogens (primary N) is 1. The van der Waals surface area contributed by atoms with Crippen molar-refractivity contribution in [1.29, 1.82) is 0 Å². The summed E-state index contributed by atoms with van der Waals surface area (Å²) in [5, 5.41) is 0.672. The number of rotatable bonds is 5. The molecule has 3 N–H and O–H groups in total. The van der Waals surface area contributed by atoms with Crippen LogP contribution in [0.5, 0.6) is 0 Å². The highest BCUT2D eigenvalue weighted by Crippen LogP contribution is 2.28. The first-order valence-corrected chi connectivity index (χ1v) is 7.16. The lowest BCUT2D eigenvalue weighted by molar-refractivity contribution is 0.610. The SMILES string of the molecule is NNC(CSc1cccc(F)c1)c1ccccc1Cl. The molecule has 0 heterocycles. The first kappa shape index (κ1) is 14.3. The zero-order chi connectivity index (χ0) is 13.7. The van der Waals surface area contributed by atoms with E-state index in [-0.39, 0.29) is 11.9 Å². The van der Waals surface area contributed by atoms with Crippen molar-refractivity contribution >= 4 is 23.4 Å². The molecule has 2 nitrogen and oxygen atoms in total. The Morgan fingerprint density at radius 3 is 2.68 bits per heavy atom. The zero-order valence-electron chi connectivity index (χ0n) is 10.1. The van der Waals surface area contributed by atoms with Crippen molar-refractivity contribution in [2.24, 2.45) is 5.84 Å². The van der Waals surface area contributed by atoms with Gasteiger partial charge in [0.15, 0.2) is 0 Å². The van der Waals surface area contributed by atoms with Crippen molar-refractivity contribution in [3.63, 3.8) is 0 Å². The number of hydrazine groups is 1. The molecule has 0 saturated carbocycles. The summed E-state index contributed by atoms with van der Waals surface area (Å²) in [6.07, 6.45) is 0. The topological polar surface area (TPSA) is 38.0 Å². The van der Waals surface area contributed by atoms with Crippen LogP contribution in [-0.2, 0) is 0 Å². The maximum atomic E-state index is 13.1. The van der Waals surface area contributed by atoms with Crippen molar-refractivity contribution in [3.05, 3.63) is 64.9 Å². The lowest BCUT2D eigenvalue weighted by Crippen LogP contribution is -2.29. The molecule has 0 aliphatic rings. The normalized spacial score (nSPS) is 12.4. The Morgan fingerprint density at radius 2 is 2.00 bits per heavy atom. The molecule has 19 heavy (non-hydrogen) atoms. The van der Waals surface area contributed by atoms with Gasteiger partial charge in [0.2, 0.25) is 0 Å². The quantitative estimate of drug-likeness (QED) is 0.501. The van der Waals surface area contributed by atoms with Crippen molar-refractivity contribution < 1.29 is 4.39 Å². The van der Waals surface area contributed by atoms with Crippen LogP contribution in [0.2, 0.25) is 5.02 Å². The van der Waals surface area contributed by atoms with E-state index in [4.69, 9.17) is 17.4 Å². The molecule has 100 valence electrons. The minimum atomic E-state index is -0.236. The number of thioether (sulfide) groups is 1. The van der Waals surface area contributed by atoms with Gasteiger partial charge in [-0.3, -0.25) is 11.3 Å². The maximum Gasteiger partial charge on any atom is 0.124 e. The fourth-order valence-electron chi connectivity index (χ4n) is 1.72. The molecule has 0 spiro atoms. The van der Waals surface area contributed by atoms with Gasteiger partial charge in [0, 0.05) is 15.7 Å². The molecule has 0 aliphatic heterocycles. The van der Waals surface area contributed by atoms with Crippen molar-refractivity contribution in [2.45, 2.75) is 10.9 Å². The number of hydrogen-bond acceptors (Lipinski definition) is 3. The summed E-state index contributed by atoms with van der Waals surface area (Å²) in [6, 6.07) is 14.0. The summed E-state index contributed by atoms with van der Waals surface area (Å²) in [5.74, 6) is 6.01. The van der Waals surface area contributed by atoms with E-state index in [0.29, 0.717) is 10.8 Å². The van der Waals surface area contributed by atoms with Crippen LogP contribution < -0.4 is 11.3 Å². The number of benzene rings is 2. The van der Waals surface area contributed by atoms with E-state index in [0.717, 1.165) is 10.5 Å². The van der Waals surface area contributed by atoms with Gasteiger partial charge in [-0.1, -0.05) is 35.9 Å². The highest BCUT2D eigenvalue weighted by molar-refractivity contribution is 7.99. The molecule has 0 radical (unpaired) electrons. The minimum Gasteiger partial charge on any atom is -0.271 e. The predicted molar refractivity (Wildman–Crippen MR) is 78.6 cm³/mol. The molecule has 5 heteroatoms. The van der Waals surface area contributed by atoms with Gasteiger partial charge < -0.3 is 0 Å². The molecule has 2 aromatic carbocycles. The van der Waals surface area contributed by atoms with Crippen LogP contribution in [0.25, 0.3) is 0 Å². The molecule has 0 saturated heterocycles. The molecule has 0 aliphatic carbocycles. The second-order valence-electron chi connectivity index (χ2n) is 4.01. The summed E-state index contributed by atoms with van der Waals surface area (Å²) in [6.45, 7) is 0. The highest BCUT2D eigenvalue weighted by Gasteiger charge is 2.13. The van der Waals surface area contributed by atoms with Gasteiger partial charge in [0.25, 0.3) is 0 Å². The van der Waals surface area contributed by atoms with Gasteiger partial charge in [-0.2, -0.15) is 0 Å². The van der Waals surface area contributed by atoms with Gasteiger partial charge >= 0.3 is 0 Å². The van der Waals surface area contributed by atoms with Gasteiger partial charge in [-0.15, -0.1) is 11.8 Å². The Bertz CT molecular complexity index is 550. The number of hydrogen-bond donors (Lipinski definition) is 2. The van der Waals surface area contributed by atoms with E-state index in [1.807, 2.05) is 30.3 Å². The average Bonchev–Trinajstić information content (AvgIpc) is 2.41. The van der Waals surface area contributed by atoms with E-state index in [9.17, 15) is 4.39 Å². The van der Waals surface area contributed by atoms with Crippen molar-refractivity contribution in [3.8, 4) is 0 Å². The summed E-state index contributed by atoms with van der Waals surface area (Å²) in [5.41, 5.74) is 3.69. The average molecular weight is 297 g/mol. The van der Waals surface area contributed by atoms with Gasteiger partial charge in [0.05, 0.1) is 6.04 Å². The lowest BCUT2D eigenvalue weighted by Gasteiger charge is -2.17. The molecule has 1 atom stereocenters. The van der Waals surface area contributed by atoms with Gasteiger partial charge in [-0.05, 0) is 29.8 Å². The third kappa shape index (κ3) is 3.94. The van der Waals surface area contributed by atoms with Crippen LogP contribution in [0.1, 0.15) is 11.6 Å². The Hall–Kier alpha value is -1.07. The van der Waals surface area contributed by atoms with Crippen LogP contribution in [0, 0.1) is 5.82 Å². The number of halogens is 2. The first-order valence-electron chi connectivity index (χ1n) is 5.79. The van der Waals surface area contributed by atoms with E-state index in [2.05, 4.69) is 5.43 Å². The minimum absolute atomic E-state index is 0.0815. The van der Waals surface area contributed by atoms with Crippen LogP contribution in [-0.4, -0.2) is 5.75 Å². The zero-order valence-corrected chi connectivity index (χ0v) is 11.7. The largest absolute Gasteiger partial charge is 0.271 e. The summed E-state index contributed by atoms with van der Waals surface area (Å²) in [4.78, 5) is 0.868. The summed E-state index contributed by atoms with van der Waals surface area (Å²) < 4.78 is 13.1. The second-order valence-corrected chi connectivity index (χ2v) is 5.51. The summed E-state index contributed by atoms with van der Waals surface area (Å²) in [7, 11) is 0. The Balaban J connectivity index is 2.06. The van der Waals surface area contributed by atoms with E-state index < -0.39 is 0 Å².